The van der Waals surface area contributed by atoms with Gasteiger partial charge in [0.05, 0.1) is 4.90 Å². The fraction of sp³-hybridized carbons (Fsp3) is 0.471. The van der Waals surface area contributed by atoms with E-state index in [4.69, 9.17) is 4.74 Å². The first-order valence-corrected chi connectivity index (χ1v) is 9.55. The number of benzene rings is 1. The van der Waals surface area contributed by atoms with Gasteiger partial charge in [0.1, 0.15) is 11.4 Å². The molecule has 2 aliphatic rings. The molecule has 1 amide bonds. The summed E-state index contributed by atoms with van der Waals surface area (Å²) in [6.07, 6.45) is -0.669. The molecular weight excluding hydrogens is 347 g/mol. The van der Waals surface area contributed by atoms with E-state index in [1.807, 2.05) is 0 Å². The Balaban J connectivity index is 1.99. The maximum Gasteiger partial charge on any atom is 0.411 e. The van der Waals surface area contributed by atoms with E-state index in [0.29, 0.717) is 18.7 Å². The molecule has 0 spiro atoms. The van der Waals surface area contributed by atoms with Crippen molar-refractivity contribution in [2.24, 2.45) is 0 Å². The van der Waals surface area contributed by atoms with Gasteiger partial charge in [-0.2, -0.15) is 0 Å². The fourth-order valence-corrected chi connectivity index (χ4v) is 4.96. The predicted octanol–water partition coefficient (Wildman–Crippen LogP) is 2.08. The van der Waals surface area contributed by atoms with E-state index in [1.165, 1.54) is 17.0 Å². The standard InChI is InChI=1S/C17H21FN2O4S/c1-17(2,3)24-16(21)20-10-11-8-19-9-14(11)15(20)25(22,23)13-6-4-12(18)5-7-13/h4-7,15,19H,8-10H2,1-3H3. The molecule has 25 heavy (non-hydrogen) atoms. The highest BCUT2D eigenvalue weighted by Gasteiger charge is 2.47. The molecule has 0 fully saturated rings. The Hall–Kier alpha value is -1.93. The maximum atomic E-state index is 13.2. The van der Waals surface area contributed by atoms with E-state index >= 15 is 0 Å². The van der Waals surface area contributed by atoms with Crippen LogP contribution in [0, 0.1) is 5.82 Å². The highest BCUT2D eigenvalue weighted by Crippen LogP contribution is 2.35. The molecule has 1 N–H and O–H groups in total. The molecule has 1 aromatic carbocycles. The fourth-order valence-electron chi connectivity index (χ4n) is 3.07. The summed E-state index contributed by atoms with van der Waals surface area (Å²) < 4.78 is 44.8. The van der Waals surface area contributed by atoms with Crippen molar-refractivity contribution in [3.63, 3.8) is 0 Å². The molecule has 1 aromatic rings. The van der Waals surface area contributed by atoms with Crippen molar-refractivity contribution in [2.45, 2.75) is 36.6 Å². The number of nitrogens with zero attached hydrogens (tertiary/aromatic N) is 1. The van der Waals surface area contributed by atoms with Crippen LogP contribution >= 0.6 is 0 Å². The Morgan fingerprint density at radius 2 is 1.88 bits per heavy atom. The van der Waals surface area contributed by atoms with Crippen molar-refractivity contribution in [1.29, 1.82) is 0 Å². The molecule has 136 valence electrons. The Bertz CT molecular complexity index is 825. The summed E-state index contributed by atoms with van der Waals surface area (Å²) in [5.41, 5.74) is 0.837. The van der Waals surface area contributed by atoms with E-state index in [9.17, 15) is 17.6 Å². The normalized spacial score (nSPS) is 20.8. The van der Waals surface area contributed by atoms with Crippen molar-refractivity contribution < 1.29 is 22.3 Å². The van der Waals surface area contributed by atoms with Crippen LogP contribution in [-0.2, 0) is 14.6 Å². The van der Waals surface area contributed by atoms with Gasteiger partial charge in [0.2, 0.25) is 9.84 Å². The Morgan fingerprint density at radius 1 is 1.24 bits per heavy atom. The van der Waals surface area contributed by atoms with E-state index in [1.54, 1.807) is 20.8 Å². The summed E-state index contributed by atoms with van der Waals surface area (Å²) in [6.45, 7) is 6.35. The monoisotopic (exact) mass is 368 g/mol. The minimum Gasteiger partial charge on any atom is -0.444 e. The van der Waals surface area contributed by atoms with Crippen LogP contribution in [0.15, 0.2) is 40.3 Å². The lowest BCUT2D eigenvalue weighted by Crippen LogP contribution is -2.46. The van der Waals surface area contributed by atoms with Crippen molar-refractivity contribution in [3.05, 3.63) is 41.2 Å². The van der Waals surface area contributed by atoms with Crippen LogP contribution in [0.4, 0.5) is 9.18 Å². The lowest BCUT2D eigenvalue weighted by atomic mass is 10.2. The zero-order valence-electron chi connectivity index (χ0n) is 14.4. The second kappa shape index (κ2) is 6.10. The smallest absolute Gasteiger partial charge is 0.411 e. The summed E-state index contributed by atoms with van der Waals surface area (Å²) in [5.74, 6) is -0.517. The van der Waals surface area contributed by atoms with Crippen LogP contribution in [0.2, 0.25) is 0 Å². The number of sulfone groups is 1. The van der Waals surface area contributed by atoms with Crippen molar-refractivity contribution in [2.75, 3.05) is 19.6 Å². The van der Waals surface area contributed by atoms with Gasteiger partial charge in [0.15, 0.2) is 5.37 Å². The number of amides is 1. The number of hydrogen-bond donors (Lipinski definition) is 1. The van der Waals surface area contributed by atoms with Crippen LogP contribution in [0.3, 0.4) is 0 Å². The third kappa shape index (κ3) is 3.41. The molecule has 3 rings (SSSR count). The maximum absolute atomic E-state index is 13.2. The molecule has 1 atom stereocenters. The zero-order valence-corrected chi connectivity index (χ0v) is 15.2. The molecule has 0 aliphatic carbocycles. The SMILES string of the molecule is CC(C)(C)OC(=O)N1CC2=C(CNC2)C1S(=O)(=O)c1ccc(F)cc1. The summed E-state index contributed by atoms with van der Waals surface area (Å²) in [7, 11) is -3.90. The molecule has 8 heteroatoms. The van der Waals surface area contributed by atoms with Gasteiger partial charge >= 0.3 is 6.09 Å². The third-order valence-electron chi connectivity index (χ3n) is 4.11. The van der Waals surface area contributed by atoms with Gasteiger partial charge < -0.3 is 10.1 Å². The Labute approximate surface area is 146 Å². The summed E-state index contributed by atoms with van der Waals surface area (Å²) in [5, 5.41) is 1.99. The van der Waals surface area contributed by atoms with Gasteiger partial charge in [-0.25, -0.2) is 17.6 Å². The molecule has 2 heterocycles. The number of carbonyl (C=O) groups is 1. The van der Waals surface area contributed by atoms with Crippen molar-refractivity contribution in [1.82, 2.24) is 10.2 Å². The third-order valence-corrected chi connectivity index (χ3v) is 6.17. The van der Waals surface area contributed by atoms with Gasteiger partial charge in [-0.15, -0.1) is 0 Å². The topological polar surface area (TPSA) is 75.7 Å². The van der Waals surface area contributed by atoms with Crippen LogP contribution in [0.25, 0.3) is 0 Å². The summed E-state index contributed by atoms with van der Waals surface area (Å²) in [6, 6.07) is 4.64. The molecule has 0 aromatic heterocycles. The van der Waals surface area contributed by atoms with Crippen molar-refractivity contribution in [3.8, 4) is 0 Å². The molecule has 2 aliphatic heterocycles. The van der Waals surface area contributed by atoms with E-state index in [2.05, 4.69) is 5.32 Å². The summed E-state index contributed by atoms with van der Waals surface area (Å²) >= 11 is 0. The lowest BCUT2D eigenvalue weighted by molar-refractivity contribution is 0.0274. The van der Waals surface area contributed by atoms with Gasteiger partial charge in [-0.1, -0.05) is 0 Å². The first-order chi connectivity index (χ1) is 11.6. The molecule has 0 saturated heterocycles. The number of carbonyl (C=O) groups excluding carboxylic acids is 1. The second-order valence-corrected chi connectivity index (χ2v) is 9.20. The second-order valence-electron chi connectivity index (χ2n) is 7.19. The van der Waals surface area contributed by atoms with E-state index in [-0.39, 0.29) is 11.4 Å². The predicted molar refractivity (Wildman–Crippen MR) is 90.2 cm³/mol. The molecule has 0 saturated carbocycles. The van der Waals surface area contributed by atoms with Crippen LogP contribution < -0.4 is 5.32 Å². The van der Waals surface area contributed by atoms with Gasteiger partial charge in [-0.05, 0) is 56.2 Å². The highest BCUT2D eigenvalue weighted by molar-refractivity contribution is 7.92. The molecular formula is C17H21FN2O4S. The number of hydrogen-bond acceptors (Lipinski definition) is 5. The number of nitrogens with one attached hydrogen (secondary N) is 1. The first-order valence-electron chi connectivity index (χ1n) is 8.00. The Kier molecular flexibility index (Phi) is 4.36. The van der Waals surface area contributed by atoms with Gasteiger partial charge in [-0.3, -0.25) is 4.90 Å². The zero-order chi connectivity index (χ0) is 18.4. The average molecular weight is 368 g/mol. The Morgan fingerprint density at radius 3 is 2.48 bits per heavy atom. The largest absolute Gasteiger partial charge is 0.444 e. The van der Waals surface area contributed by atoms with Gasteiger partial charge in [0, 0.05) is 19.6 Å². The molecule has 0 radical (unpaired) electrons. The van der Waals surface area contributed by atoms with E-state index in [0.717, 1.165) is 17.7 Å². The number of ether oxygens (including phenoxy) is 1. The minimum absolute atomic E-state index is 0.0203. The highest BCUT2D eigenvalue weighted by atomic mass is 32.2. The first kappa shape index (κ1) is 17.9. The number of rotatable bonds is 2. The van der Waals surface area contributed by atoms with Gasteiger partial charge in [0.25, 0.3) is 0 Å². The quantitative estimate of drug-likeness (QED) is 0.639. The van der Waals surface area contributed by atoms with E-state index < -0.39 is 32.7 Å². The molecule has 0 bridgehead atoms. The number of halogens is 1. The summed E-state index contributed by atoms with van der Waals surface area (Å²) in [4.78, 5) is 13.8. The van der Waals surface area contributed by atoms with Crippen LogP contribution in [-0.4, -0.2) is 50.0 Å². The van der Waals surface area contributed by atoms with Crippen molar-refractivity contribution >= 4 is 15.9 Å². The van der Waals surface area contributed by atoms with Crippen LogP contribution in [0.5, 0.6) is 0 Å². The molecule has 1 unspecified atom stereocenters. The molecule has 6 nitrogen and oxygen atoms in total. The average Bonchev–Trinajstić information content (AvgIpc) is 3.05. The lowest BCUT2D eigenvalue weighted by Gasteiger charge is -2.30. The van der Waals surface area contributed by atoms with Crippen LogP contribution in [0.1, 0.15) is 20.8 Å². The minimum atomic E-state index is -3.90.